The fraction of sp³-hybridized carbons (Fsp3) is 0.556. The Bertz CT molecular complexity index is 233. The topological polar surface area (TPSA) is 87.8 Å². The molecule has 0 saturated heterocycles. The van der Waals surface area contributed by atoms with Gasteiger partial charge in [0.05, 0.1) is 0 Å². The lowest BCUT2D eigenvalue weighted by atomic mass is 10.4. The molecule has 86 valence electrons. The van der Waals surface area contributed by atoms with E-state index in [1.54, 1.807) is 0 Å². The SMILES string of the molecule is C=C(N)OC(COC(C)=O)COC(C)=O. The van der Waals surface area contributed by atoms with Crippen molar-refractivity contribution < 1.29 is 23.8 Å². The van der Waals surface area contributed by atoms with E-state index in [1.807, 2.05) is 0 Å². The molecule has 0 atom stereocenters. The number of hydrogen-bond acceptors (Lipinski definition) is 6. The molecule has 0 bridgehead atoms. The van der Waals surface area contributed by atoms with E-state index in [0.29, 0.717) is 0 Å². The van der Waals surface area contributed by atoms with Crippen LogP contribution in [0, 0.1) is 0 Å². The zero-order chi connectivity index (χ0) is 11.8. The van der Waals surface area contributed by atoms with Crippen LogP contribution >= 0.6 is 0 Å². The van der Waals surface area contributed by atoms with Gasteiger partial charge in [-0.25, -0.2) is 0 Å². The second-order valence-electron chi connectivity index (χ2n) is 2.81. The molecule has 0 amide bonds. The summed E-state index contributed by atoms with van der Waals surface area (Å²) in [5.74, 6) is -0.928. The molecular weight excluding hydrogens is 202 g/mol. The van der Waals surface area contributed by atoms with Crippen LogP contribution in [0.25, 0.3) is 0 Å². The summed E-state index contributed by atoms with van der Waals surface area (Å²) in [5, 5.41) is 0. The van der Waals surface area contributed by atoms with Gasteiger partial charge in [0.2, 0.25) is 0 Å². The second kappa shape index (κ2) is 6.69. The van der Waals surface area contributed by atoms with Gasteiger partial charge in [0.15, 0.2) is 12.0 Å². The molecule has 0 heterocycles. The molecular formula is C9H15NO5. The molecule has 0 aliphatic carbocycles. The maximum Gasteiger partial charge on any atom is 0.302 e. The molecule has 0 aromatic carbocycles. The monoisotopic (exact) mass is 217 g/mol. The van der Waals surface area contributed by atoms with Crippen molar-refractivity contribution in [2.75, 3.05) is 13.2 Å². The summed E-state index contributed by atoms with van der Waals surface area (Å²) in [6, 6.07) is 0. The van der Waals surface area contributed by atoms with Crippen LogP contribution in [0.1, 0.15) is 13.8 Å². The maximum absolute atomic E-state index is 10.5. The van der Waals surface area contributed by atoms with Crippen molar-refractivity contribution in [3.05, 3.63) is 12.5 Å². The summed E-state index contributed by atoms with van der Waals surface area (Å²) in [5.41, 5.74) is 5.21. The van der Waals surface area contributed by atoms with E-state index in [9.17, 15) is 9.59 Å². The quantitative estimate of drug-likeness (QED) is 0.495. The van der Waals surface area contributed by atoms with Crippen LogP contribution in [-0.2, 0) is 23.8 Å². The van der Waals surface area contributed by atoms with Gasteiger partial charge >= 0.3 is 11.9 Å². The molecule has 15 heavy (non-hydrogen) atoms. The van der Waals surface area contributed by atoms with E-state index in [2.05, 4.69) is 16.1 Å². The molecule has 0 aromatic heterocycles. The molecule has 0 aliphatic rings. The van der Waals surface area contributed by atoms with Gasteiger partial charge in [-0.1, -0.05) is 0 Å². The molecule has 0 aliphatic heterocycles. The first-order valence-electron chi connectivity index (χ1n) is 4.29. The Morgan fingerprint density at radius 3 is 1.87 bits per heavy atom. The van der Waals surface area contributed by atoms with Crippen molar-refractivity contribution in [2.24, 2.45) is 5.73 Å². The van der Waals surface area contributed by atoms with E-state index in [4.69, 9.17) is 10.5 Å². The van der Waals surface area contributed by atoms with Gasteiger partial charge in [0, 0.05) is 13.8 Å². The molecule has 0 aromatic rings. The molecule has 6 nitrogen and oxygen atoms in total. The number of esters is 2. The molecule has 0 saturated carbocycles. The Balaban J connectivity index is 3.99. The zero-order valence-electron chi connectivity index (χ0n) is 8.82. The van der Waals surface area contributed by atoms with Crippen molar-refractivity contribution in [1.29, 1.82) is 0 Å². The summed E-state index contributed by atoms with van der Waals surface area (Å²) in [6.07, 6.45) is -0.629. The highest BCUT2D eigenvalue weighted by atomic mass is 16.6. The van der Waals surface area contributed by atoms with Crippen molar-refractivity contribution in [2.45, 2.75) is 20.0 Å². The second-order valence-corrected chi connectivity index (χ2v) is 2.81. The number of hydrogen-bond donors (Lipinski definition) is 1. The van der Waals surface area contributed by atoms with E-state index in [0.717, 1.165) is 0 Å². The predicted molar refractivity (Wildman–Crippen MR) is 51.5 cm³/mol. The zero-order valence-corrected chi connectivity index (χ0v) is 8.82. The van der Waals surface area contributed by atoms with Gasteiger partial charge in [0.25, 0.3) is 0 Å². The van der Waals surface area contributed by atoms with Crippen LogP contribution in [0.15, 0.2) is 12.5 Å². The Kier molecular flexibility index (Phi) is 5.92. The van der Waals surface area contributed by atoms with Crippen LogP contribution in [0.5, 0.6) is 0 Å². The third kappa shape index (κ3) is 8.61. The summed E-state index contributed by atoms with van der Waals surface area (Å²) in [6.45, 7) is 5.77. The Morgan fingerprint density at radius 2 is 1.60 bits per heavy atom. The van der Waals surface area contributed by atoms with Gasteiger partial charge in [-0.2, -0.15) is 0 Å². The van der Waals surface area contributed by atoms with Crippen molar-refractivity contribution >= 4 is 11.9 Å². The van der Waals surface area contributed by atoms with E-state index in [-0.39, 0.29) is 19.1 Å². The third-order valence-corrected chi connectivity index (χ3v) is 1.26. The van der Waals surface area contributed by atoms with Crippen LogP contribution in [0.4, 0.5) is 0 Å². The van der Waals surface area contributed by atoms with Crippen molar-refractivity contribution in [1.82, 2.24) is 0 Å². The van der Waals surface area contributed by atoms with E-state index >= 15 is 0 Å². The number of nitrogens with two attached hydrogens (primary N) is 1. The summed E-state index contributed by atoms with van der Waals surface area (Å²) < 4.78 is 14.4. The van der Waals surface area contributed by atoms with Gasteiger partial charge in [-0.15, -0.1) is 0 Å². The first kappa shape index (κ1) is 13.3. The minimum absolute atomic E-state index is 0.0284. The summed E-state index contributed by atoms with van der Waals surface area (Å²) >= 11 is 0. The minimum atomic E-state index is -0.629. The number of rotatable bonds is 6. The first-order valence-corrected chi connectivity index (χ1v) is 4.29. The molecule has 0 unspecified atom stereocenters. The molecule has 0 fully saturated rings. The van der Waals surface area contributed by atoms with Crippen molar-refractivity contribution in [3.8, 4) is 0 Å². The lowest BCUT2D eigenvalue weighted by Crippen LogP contribution is -2.28. The molecule has 0 radical (unpaired) electrons. The Hall–Kier alpha value is -1.72. The average Bonchev–Trinajstić information content (AvgIpc) is 2.08. The molecule has 2 N–H and O–H groups in total. The fourth-order valence-electron chi connectivity index (χ4n) is 0.751. The highest BCUT2D eigenvalue weighted by molar-refractivity contribution is 5.66. The number of carbonyl (C=O) groups excluding carboxylic acids is 2. The number of carbonyl (C=O) groups is 2. The lowest BCUT2D eigenvalue weighted by molar-refractivity contribution is -0.150. The maximum atomic E-state index is 10.5. The standard InChI is InChI=1S/C9H15NO5/c1-6(10)15-9(4-13-7(2)11)5-14-8(3)12/h9H,1,4-5,10H2,2-3H3. The Morgan fingerprint density at radius 1 is 1.20 bits per heavy atom. The van der Waals surface area contributed by atoms with E-state index in [1.165, 1.54) is 13.8 Å². The highest BCUT2D eigenvalue weighted by Gasteiger charge is 2.14. The Labute approximate surface area is 88.0 Å². The smallest absolute Gasteiger partial charge is 0.302 e. The lowest BCUT2D eigenvalue weighted by Gasteiger charge is -2.17. The molecule has 6 heteroatoms. The van der Waals surface area contributed by atoms with Gasteiger partial charge in [0.1, 0.15) is 13.2 Å². The summed E-state index contributed by atoms with van der Waals surface area (Å²) in [4.78, 5) is 21.1. The summed E-state index contributed by atoms with van der Waals surface area (Å²) in [7, 11) is 0. The molecule has 0 spiro atoms. The number of ether oxygens (including phenoxy) is 3. The highest BCUT2D eigenvalue weighted by Crippen LogP contribution is 1.99. The third-order valence-electron chi connectivity index (χ3n) is 1.26. The van der Waals surface area contributed by atoms with Crippen molar-refractivity contribution in [3.63, 3.8) is 0 Å². The van der Waals surface area contributed by atoms with Crippen LogP contribution in [-0.4, -0.2) is 31.3 Å². The van der Waals surface area contributed by atoms with Crippen LogP contribution in [0.2, 0.25) is 0 Å². The van der Waals surface area contributed by atoms with Gasteiger partial charge < -0.3 is 19.9 Å². The van der Waals surface area contributed by atoms with Crippen LogP contribution < -0.4 is 5.73 Å². The van der Waals surface area contributed by atoms with Crippen LogP contribution in [0.3, 0.4) is 0 Å². The first-order chi connectivity index (χ1) is 6.91. The fourth-order valence-corrected chi connectivity index (χ4v) is 0.751. The normalized spacial score (nSPS) is 9.53. The average molecular weight is 217 g/mol. The molecule has 0 rings (SSSR count). The van der Waals surface area contributed by atoms with Gasteiger partial charge in [-0.3, -0.25) is 9.59 Å². The minimum Gasteiger partial charge on any atom is -0.469 e. The largest absolute Gasteiger partial charge is 0.469 e. The van der Waals surface area contributed by atoms with Gasteiger partial charge in [-0.05, 0) is 6.58 Å². The predicted octanol–water partition coefficient (Wildman–Crippen LogP) is -0.0723. The van der Waals surface area contributed by atoms with E-state index < -0.39 is 18.0 Å².